The van der Waals surface area contributed by atoms with Gasteiger partial charge < -0.3 is 14.2 Å². The van der Waals surface area contributed by atoms with Crippen LogP contribution in [0, 0.1) is 0 Å². The van der Waals surface area contributed by atoms with E-state index in [4.69, 9.17) is 14.2 Å². The molecule has 92 valence electrons. The van der Waals surface area contributed by atoms with Gasteiger partial charge in [-0.2, -0.15) is 0 Å². The fourth-order valence-electron chi connectivity index (χ4n) is 1.59. The molecule has 1 aromatic rings. The number of fused-ring (bicyclic) bond motifs is 1. The lowest BCUT2D eigenvalue weighted by Crippen LogP contribution is -2.19. The summed E-state index contributed by atoms with van der Waals surface area (Å²) >= 11 is 3.32. The third-order valence-electron chi connectivity index (χ3n) is 2.39. The van der Waals surface area contributed by atoms with Crippen LogP contribution in [0.5, 0.6) is 11.5 Å². The zero-order valence-electron chi connectivity index (χ0n) is 9.44. The lowest BCUT2D eigenvalue weighted by molar-refractivity contribution is -0.142. The fraction of sp³-hybridized carbons (Fsp3) is 0.417. The molecule has 1 aliphatic heterocycles. The number of halogens is 1. The van der Waals surface area contributed by atoms with Gasteiger partial charge in [0.25, 0.3) is 0 Å². The Morgan fingerprint density at radius 3 is 3.00 bits per heavy atom. The van der Waals surface area contributed by atoms with Crippen LogP contribution in [0.25, 0.3) is 0 Å². The summed E-state index contributed by atoms with van der Waals surface area (Å²) < 4.78 is 15.4. The Bertz CT molecular complexity index is 419. The van der Waals surface area contributed by atoms with E-state index in [0.717, 1.165) is 17.1 Å². The zero-order valence-corrected chi connectivity index (χ0v) is 11.0. The number of carbonyl (C=O) groups excluding carboxylic acids is 1. The van der Waals surface area contributed by atoms with Crippen LogP contribution in [0.2, 0.25) is 0 Å². The smallest absolute Gasteiger partial charge is 0.320 e. The van der Waals surface area contributed by atoms with Gasteiger partial charge in [0.1, 0.15) is 4.83 Å². The van der Waals surface area contributed by atoms with Crippen molar-refractivity contribution >= 4 is 21.9 Å². The molecule has 1 aliphatic rings. The van der Waals surface area contributed by atoms with Crippen molar-refractivity contribution in [1.82, 2.24) is 0 Å². The molecule has 4 nitrogen and oxygen atoms in total. The second kappa shape index (κ2) is 5.40. The van der Waals surface area contributed by atoms with Gasteiger partial charge in [0, 0.05) is 0 Å². The van der Waals surface area contributed by atoms with E-state index in [2.05, 4.69) is 15.9 Å². The van der Waals surface area contributed by atoms with Gasteiger partial charge in [-0.15, -0.1) is 0 Å². The summed E-state index contributed by atoms with van der Waals surface area (Å²) in [6, 6.07) is 5.65. The number of rotatable bonds is 4. The maximum atomic E-state index is 11.5. The SMILES string of the molecule is CCOC(=O)C(Br)Cc1ccc2c(c1)OCO2. The molecular weight excluding hydrogens is 288 g/mol. The first-order chi connectivity index (χ1) is 8.20. The Kier molecular flexibility index (Phi) is 3.89. The van der Waals surface area contributed by atoms with Gasteiger partial charge in [-0.25, -0.2) is 0 Å². The Morgan fingerprint density at radius 1 is 1.47 bits per heavy atom. The van der Waals surface area contributed by atoms with Gasteiger partial charge in [-0.3, -0.25) is 4.79 Å². The molecule has 0 aliphatic carbocycles. The average molecular weight is 301 g/mol. The number of alkyl halides is 1. The van der Waals surface area contributed by atoms with E-state index in [0.29, 0.717) is 13.0 Å². The third-order valence-corrected chi connectivity index (χ3v) is 3.09. The molecule has 1 aromatic carbocycles. The van der Waals surface area contributed by atoms with Crippen LogP contribution < -0.4 is 9.47 Å². The predicted molar refractivity (Wildman–Crippen MR) is 65.6 cm³/mol. The van der Waals surface area contributed by atoms with Gasteiger partial charge in [0.2, 0.25) is 6.79 Å². The normalized spacial score (nSPS) is 14.5. The number of benzene rings is 1. The van der Waals surface area contributed by atoms with Crippen LogP contribution in [0.15, 0.2) is 18.2 Å². The second-order valence-electron chi connectivity index (χ2n) is 3.61. The summed E-state index contributed by atoms with van der Waals surface area (Å²) in [4.78, 5) is 11.1. The molecule has 0 saturated carbocycles. The molecule has 2 rings (SSSR count). The molecule has 5 heteroatoms. The largest absolute Gasteiger partial charge is 0.465 e. The molecule has 1 heterocycles. The molecule has 1 unspecified atom stereocenters. The standard InChI is InChI=1S/C12H13BrO4/c1-2-15-12(14)9(13)5-8-3-4-10-11(6-8)17-7-16-10/h3-4,6,9H,2,5,7H2,1H3. The molecular formula is C12H13BrO4. The highest BCUT2D eigenvalue weighted by molar-refractivity contribution is 9.10. The van der Waals surface area contributed by atoms with Crippen LogP contribution in [0.3, 0.4) is 0 Å². The summed E-state index contributed by atoms with van der Waals surface area (Å²) in [7, 11) is 0. The van der Waals surface area contributed by atoms with E-state index in [1.807, 2.05) is 18.2 Å². The minimum Gasteiger partial charge on any atom is -0.465 e. The van der Waals surface area contributed by atoms with E-state index in [9.17, 15) is 4.79 Å². The lowest BCUT2D eigenvalue weighted by Gasteiger charge is -2.09. The number of hydrogen-bond donors (Lipinski definition) is 0. The topological polar surface area (TPSA) is 44.8 Å². The monoisotopic (exact) mass is 300 g/mol. The Balaban J connectivity index is 2.01. The van der Waals surface area contributed by atoms with Crippen molar-refractivity contribution in [2.75, 3.05) is 13.4 Å². The molecule has 0 amide bonds. The van der Waals surface area contributed by atoms with E-state index in [1.54, 1.807) is 6.92 Å². The summed E-state index contributed by atoms with van der Waals surface area (Å²) in [5, 5.41) is 0. The first-order valence-electron chi connectivity index (χ1n) is 5.40. The van der Waals surface area contributed by atoms with Crippen LogP contribution in [-0.4, -0.2) is 24.2 Å². The fourth-order valence-corrected chi connectivity index (χ4v) is 2.10. The van der Waals surface area contributed by atoms with Gasteiger partial charge in [-0.1, -0.05) is 22.0 Å². The van der Waals surface area contributed by atoms with Crippen molar-refractivity contribution in [3.63, 3.8) is 0 Å². The summed E-state index contributed by atoms with van der Waals surface area (Å²) in [6.45, 7) is 2.44. The van der Waals surface area contributed by atoms with Crippen molar-refractivity contribution in [3.8, 4) is 11.5 Å². The van der Waals surface area contributed by atoms with Crippen LogP contribution in [0.4, 0.5) is 0 Å². The van der Waals surface area contributed by atoms with Gasteiger partial charge >= 0.3 is 5.97 Å². The molecule has 0 bridgehead atoms. The number of carbonyl (C=O) groups is 1. The van der Waals surface area contributed by atoms with Gasteiger partial charge in [0.05, 0.1) is 6.61 Å². The predicted octanol–water partition coefficient (Wildman–Crippen LogP) is 2.28. The minimum atomic E-state index is -0.331. The Morgan fingerprint density at radius 2 is 2.24 bits per heavy atom. The molecule has 0 fully saturated rings. The quantitative estimate of drug-likeness (QED) is 0.632. The third kappa shape index (κ3) is 2.91. The molecule has 0 aromatic heterocycles. The maximum Gasteiger partial charge on any atom is 0.320 e. The van der Waals surface area contributed by atoms with Gasteiger partial charge in [0.15, 0.2) is 11.5 Å². The van der Waals surface area contributed by atoms with Crippen molar-refractivity contribution in [1.29, 1.82) is 0 Å². The van der Waals surface area contributed by atoms with Crippen molar-refractivity contribution in [2.45, 2.75) is 18.2 Å². The van der Waals surface area contributed by atoms with Gasteiger partial charge in [-0.05, 0) is 31.0 Å². The number of esters is 1. The van der Waals surface area contributed by atoms with Crippen molar-refractivity contribution in [2.24, 2.45) is 0 Å². The lowest BCUT2D eigenvalue weighted by atomic mass is 10.1. The molecule has 0 radical (unpaired) electrons. The van der Waals surface area contributed by atoms with Crippen LogP contribution in [0.1, 0.15) is 12.5 Å². The highest BCUT2D eigenvalue weighted by Crippen LogP contribution is 2.33. The molecule has 0 spiro atoms. The molecule has 1 atom stereocenters. The Labute approximate surface area is 108 Å². The number of hydrogen-bond acceptors (Lipinski definition) is 4. The summed E-state index contributed by atoms with van der Waals surface area (Å²) in [5.74, 6) is 1.23. The molecule has 17 heavy (non-hydrogen) atoms. The highest BCUT2D eigenvalue weighted by Gasteiger charge is 2.19. The minimum absolute atomic E-state index is 0.245. The van der Waals surface area contributed by atoms with E-state index in [1.165, 1.54) is 0 Å². The highest BCUT2D eigenvalue weighted by atomic mass is 79.9. The van der Waals surface area contributed by atoms with Crippen molar-refractivity contribution < 1.29 is 19.0 Å². The number of ether oxygens (including phenoxy) is 3. The Hall–Kier alpha value is -1.23. The summed E-state index contributed by atoms with van der Waals surface area (Å²) in [5.41, 5.74) is 1.00. The van der Waals surface area contributed by atoms with E-state index in [-0.39, 0.29) is 17.6 Å². The van der Waals surface area contributed by atoms with Crippen molar-refractivity contribution in [3.05, 3.63) is 23.8 Å². The van der Waals surface area contributed by atoms with E-state index < -0.39 is 0 Å². The first-order valence-corrected chi connectivity index (χ1v) is 6.31. The molecule has 0 saturated heterocycles. The maximum absolute atomic E-state index is 11.5. The molecule has 0 N–H and O–H groups in total. The second-order valence-corrected chi connectivity index (χ2v) is 4.72. The van der Waals surface area contributed by atoms with Crippen LogP contribution in [-0.2, 0) is 16.0 Å². The average Bonchev–Trinajstić information content (AvgIpc) is 2.76. The first kappa shape index (κ1) is 12.2. The van der Waals surface area contributed by atoms with Crippen LogP contribution >= 0.6 is 15.9 Å². The zero-order chi connectivity index (χ0) is 12.3. The summed E-state index contributed by atoms with van der Waals surface area (Å²) in [6.07, 6.45) is 0.565. The van der Waals surface area contributed by atoms with E-state index >= 15 is 0 Å².